The normalized spacial score (nSPS) is 11.4. The zero-order valence-electron chi connectivity index (χ0n) is 14.0. The molecule has 6 heteroatoms. The molecule has 2 amide bonds. The Morgan fingerprint density at radius 2 is 1.72 bits per heavy atom. The van der Waals surface area contributed by atoms with Crippen LogP contribution in [0.2, 0.25) is 0 Å². The molecule has 25 heavy (non-hydrogen) atoms. The Kier molecular flexibility index (Phi) is 7.47. The minimum absolute atomic E-state index is 0.0794. The molecule has 2 aromatic rings. The van der Waals surface area contributed by atoms with Gasteiger partial charge in [-0.3, -0.25) is 9.59 Å². The minimum atomic E-state index is -0.337. The molecule has 0 saturated carbocycles. The standard InChI is InChI=1S/C19H21BrN2O3/c1-2-17(14-8-10-15(20)11-9-14)22-18(23)12-21-19(24)13-25-16-6-4-3-5-7-16/h3-11,17H,2,12-13H2,1H3,(H,21,24)(H,22,23). The first kappa shape index (κ1) is 19.0. The van der Waals surface area contributed by atoms with E-state index in [-0.39, 0.29) is 31.0 Å². The molecule has 2 rings (SSSR count). The molecule has 2 N–H and O–H groups in total. The van der Waals surface area contributed by atoms with Crippen molar-refractivity contribution >= 4 is 27.7 Å². The molecule has 1 unspecified atom stereocenters. The fraction of sp³-hybridized carbons (Fsp3) is 0.263. The molecule has 0 saturated heterocycles. The molecular weight excluding hydrogens is 384 g/mol. The third kappa shape index (κ3) is 6.58. The van der Waals surface area contributed by atoms with E-state index in [2.05, 4.69) is 26.6 Å². The number of ether oxygens (including phenoxy) is 1. The van der Waals surface area contributed by atoms with Crippen LogP contribution in [-0.2, 0) is 9.59 Å². The first-order valence-corrected chi connectivity index (χ1v) is 8.87. The lowest BCUT2D eigenvalue weighted by molar-refractivity contribution is -0.127. The van der Waals surface area contributed by atoms with Gasteiger partial charge in [-0.05, 0) is 36.2 Å². The predicted molar refractivity (Wildman–Crippen MR) is 100 cm³/mol. The van der Waals surface area contributed by atoms with Crippen molar-refractivity contribution in [1.82, 2.24) is 10.6 Å². The summed E-state index contributed by atoms with van der Waals surface area (Å²) in [7, 11) is 0. The van der Waals surface area contributed by atoms with Gasteiger partial charge >= 0.3 is 0 Å². The highest BCUT2D eigenvalue weighted by molar-refractivity contribution is 9.10. The average molecular weight is 405 g/mol. The van der Waals surface area contributed by atoms with Gasteiger partial charge in [0.2, 0.25) is 5.91 Å². The van der Waals surface area contributed by atoms with Crippen molar-refractivity contribution in [3.05, 3.63) is 64.6 Å². The van der Waals surface area contributed by atoms with Crippen LogP contribution in [0.5, 0.6) is 5.75 Å². The molecule has 0 fully saturated rings. The van der Waals surface area contributed by atoms with Gasteiger partial charge in [-0.1, -0.05) is 53.2 Å². The number of halogens is 1. The monoisotopic (exact) mass is 404 g/mol. The predicted octanol–water partition coefficient (Wildman–Crippen LogP) is 3.21. The maximum Gasteiger partial charge on any atom is 0.258 e. The van der Waals surface area contributed by atoms with Gasteiger partial charge in [0.25, 0.3) is 5.91 Å². The summed E-state index contributed by atoms with van der Waals surface area (Å²) in [5.41, 5.74) is 1.03. The molecule has 1 atom stereocenters. The number of nitrogens with one attached hydrogen (secondary N) is 2. The van der Waals surface area contributed by atoms with E-state index in [1.165, 1.54) is 0 Å². The van der Waals surface area contributed by atoms with Gasteiger partial charge in [-0.25, -0.2) is 0 Å². The van der Waals surface area contributed by atoms with Crippen molar-refractivity contribution in [3.63, 3.8) is 0 Å². The molecule has 0 radical (unpaired) electrons. The molecule has 0 aliphatic rings. The van der Waals surface area contributed by atoms with E-state index in [0.29, 0.717) is 5.75 Å². The highest BCUT2D eigenvalue weighted by Gasteiger charge is 2.13. The molecule has 5 nitrogen and oxygen atoms in total. The van der Waals surface area contributed by atoms with Crippen LogP contribution in [0.25, 0.3) is 0 Å². The first-order valence-electron chi connectivity index (χ1n) is 8.08. The Labute approximate surface area is 155 Å². The van der Waals surface area contributed by atoms with E-state index in [9.17, 15) is 9.59 Å². The number of benzene rings is 2. The second-order valence-corrected chi connectivity index (χ2v) is 6.37. The second-order valence-electron chi connectivity index (χ2n) is 5.46. The lowest BCUT2D eigenvalue weighted by atomic mass is 10.0. The zero-order chi connectivity index (χ0) is 18.1. The number of amides is 2. The highest BCUT2D eigenvalue weighted by atomic mass is 79.9. The SMILES string of the molecule is CCC(NC(=O)CNC(=O)COc1ccccc1)c1ccc(Br)cc1. The van der Waals surface area contributed by atoms with Crippen LogP contribution in [0, 0.1) is 0 Å². The second kappa shape index (κ2) is 9.84. The summed E-state index contributed by atoms with van der Waals surface area (Å²) in [5.74, 6) is 0.0434. The van der Waals surface area contributed by atoms with Crippen molar-refractivity contribution in [1.29, 1.82) is 0 Å². The quantitative estimate of drug-likeness (QED) is 0.709. The highest BCUT2D eigenvalue weighted by Crippen LogP contribution is 2.19. The fourth-order valence-corrected chi connectivity index (χ4v) is 2.52. The molecule has 2 aromatic carbocycles. The molecule has 0 aliphatic heterocycles. The minimum Gasteiger partial charge on any atom is -0.484 e. The summed E-state index contributed by atoms with van der Waals surface area (Å²) in [5, 5.41) is 5.48. The summed E-state index contributed by atoms with van der Waals surface area (Å²) in [4.78, 5) is 23.8. The number of hydrogen-bond donors (Lipinski definition) is 2. The van der Waals surface area contributed by atoms with Crippen LogP contribution in [0.4, 0.5) is 0 Å². The molecule has 0 aliphatic carbocycles. The van der Waals surface area contributed by atoms with Gasteiger partial charge in [0, 0.05) is 4.47 Å². The van der Waals surface area contributed by atoms with Gasteiger partial charge in [-0.15, -0.1) is 0 Å². The van der Waals surface area contributed by atoms with E-state index in [1.54, 1.807) is 12.1 Å². The molecule has 0 bridgehead atoms. The summed E-state index contributed by atoms with van der Waals surface area (Å²) < 4.78 is 6.32. The fourth-order valence-electron chi connectivity index (χ4n) is 2.26. The van der Waals surface area contributed by atoms with E-state index in [4.69, 9.17) is 4.74 Å². The van der Waals surface area contributed by atoms with Gasteiger partial charge in [0.15, 0.2) is 6.61 Å². The van der Waals surface area contributed by atoms with Gasteiger partial charge < -0.3 is 15.4 Å². The summed E-state index contributed by atoms with van der Waals surface area (Å²) in [6, 6.07) is 16.8. The van der Waals surface area contributed by atoms with E-state index in [0.717, 1.165) is 16.5 Å². The Hall–Kier alpha value is -2.34. The topological polar surface area (TPSA) is 67.4 Å². The Morgan fingerprint density at radius 1 is 1.04 bits per heavy atom. The maximum absolute atomic E-state index is 12.1. The molecule has 132 valence electrons. The lowest BCUT2D eigenvalue weighted by Crippen LogP contribution is -2.40. The number of rotatable bonds is 8. The van der Waals surface area contributed by atoms with Crippen LogP contribution in [0.15, 0.2) is 59.1 Å². The van der Waals surface area contributed by atoms with Gasteiger partial charge in [0.1, 0.15) is 5.75 Å². The van der Waals surface area contributed by atoms with Crippen LogP contribution in [0.3, 0.4) is 0 Å². The van der Waals surface area contributed by atoms with Gasteiger partial charge in [0.05, 0.1) is 12.6 Å². The number of carbonyl (C=O) groups is 2. The molecular formula is C19H21BrN2O3. The number of hydrogen-bond acceptors (Lipinski definition) is 3. The first-order chi connectivity index (χ1) is 12.1. The van der Waals surface area contributed by atoms with E-state index < -0.39 is 0 Å². The molecule has 0 aromatic heterocycles. The van der Waals surface area contributed by atoms with Crippen molar-refractivity contribution in [2.45, 2.75) is 19.4 Å². The van der Waals surface area contributed by atoms with Crippen molar-refractivity contribution in [3.8, 4) is 5.75 Å². The van der Waals surface area contributed by atoms with Crippen LogP contribution in [0.1, 0.15) is 24.9 Å². The largest absolute Gasteiger partial charge is 0.484 e. The Morgan fingerprint density at radius 3 is 2.36 bits per heavy atom. The lowest BCUT2D eigenvalue weighted by Gasteiger charge is -2.18. The van der Waals surface area contributed by atoms with E-state index >= 15 is 0 Å². The average Bonchev–Trinajstić information content (AvgIpc) is 2.64. The van der Waals surface area contributed by atoms with Crippen molar-refractivity contribution in [2.24, 2.45) is 0 Å². The maximum atomic E-state index is 12.1. The summed E-state index contributed by atoms with van der Waals surface area (Å²) >= 11 is 3.39. The Bertz CT molecular complexity index is 690. The van der Waals surface area contributed by atoms with Crippen LogP contribution < -0.4 is 15.4 Å². The van der Waals surface area contributed by atoms with Gasteiger partial charge in [-0.2, -0.15) is 0 Å². The Balaban J connectivity index is 1.75. The van der Waals surface area contributed by atoms with Crippen LogP contribution >= 0.6 is 15.9 Å². The smallest absolute Gasteiger partial charge is 0.258 e. The van der Waals surface area contributed by atoms with E-state index in [1.807, 2.05) is 49.4 Å². The van der Waals surface area contributed by atoms with Crippen LogP contribution in [-0.4, -0.2) is 25.0 Å². The number of carbonyl (C=O) groups excluding carboxylic acids is 2. The van der Waals surface area contributed by atoms with Crippen molar-refractivity contribution < 1.29 is 14.3 Å². The third-order valence-electron chi connectivity index (χ3n) is 3.58. The number of para-hydroxylation sites is 1. The summed E-state index contributed by atoms with van der Waals surface area (Å²) in [6.45, 7) is 1.80. The van der Waals surface area contributed by atoms with Crippen molar-refractivity contribution in [2.75, 3.05) is 13.2 Å². The zero-order valence-corrected chi connectivity index (χ0v) is 15.6. The summed E-state index contributed by atoms with van der Waals surface area (Å²) in [6.07, 6.45) is 0.762. The molecule has 0 spiro atoms. The molecule has 0 heterocycles. The third-order valence-corrected chi connectivity index (χ3v) is 4.10.